The van der Waals surface area contributed by atoms with Crippen molar-refractivity contribution in [2.24, 2.45) is 11.5 Å². The third-order valence-corrected chi connectivity index (χ3v) is 7.41. The highest BCUT2D eigenvalue weighted by Crippen LogP contribution is 2.33. The van der Waals surface area contributed by atoms with Crippen LogP contribution in [0, 0.1) is 0 Å². The molecule has 5 aromatic rings. The lowest BCUT2D eigenvalue weighted by Crippen LogP contribution is -2.28. The molecular formula is C37H43N7O3. The number of nitrogens with zero attached hydrogens (tertiary/aromatic N) is 3. The molecule has 47 heavy (non-hydrogen) atoms. The first kappa shape index (κ1) is 34.2. The van der Waals surface area contributed by atoms with Gasteiger partial charge in [-0.15, -0.1) is 0 Å². The van der Waals surface area contributed by atoms with Crippen molar-refractivity contribution in [1.82, 2.24) is 25.2 Å². The summed E-state index contributed by atoms with van der Waals surface area (Å²) in [7, 11) is 0. The number of para-hydroxylation sites is 1. The van der Waals surface area contributed by atoms with Gasteiger partial charge in [-0.25, -0.2) is 4.98 Å². The molecule has 5 rings (SSSR count). The lowest BCUT2D eigenvalue weighted by Gasteiger charge is -2.20. The van der Waals surface area contributed by atoms with E-state index in [0.29, 0.717) is 72.1 Å². The molecule has 2 amide bonds. The number of nitrogens with one attached hydrogen (secondary N) is 2. The molecule has 0 spiro atoms. The number of rotatable bonds is 14. The van der Waals surface area contributed by atoms with E-state index in [1.165, 1.54) is 0 Å². The Labute approximate surface area is 275 Å². The number of hydrogen-bond acceptors (Lipinski definition) is 7. The zero-order valence-corrected chi connectivity index (χ0v) is 27.1. The Kier molecular flexibility index (Phi) is 12.5. The summed E-state index contributed by atoms with van der Waals surface area (Å²) in [6.45, 7) is 6.90. The molecule has 3 aromatic carbocycles. The van der Waals surface area contributed by atoms with Crippen LogP contribution in [0.1, 0.15) is 55.6 Å². The molecule has 10 nitrogen and oxygen atoms in total. The molecule has 0 radical (unpaired) electrons. The van der Waals surface area contributed by atoms with Crippen LogP contribution >= 0.6 is 0 Å². The second-order valence-corrected chi connectivity index (χ2v) is 10.5. The highest BCUT2D eigenvalue weighted by atomic mass is 16.5. The summed E-state index contributed by atoms with van der Waals surface area (Å²) >= 11 is 0. The first-order valence-corrected chi connectivity index (χ1v) is 15.9. The molecule has 0 aliphatic rings. The van der Waals surface area contributed by atoms with Gasteiger partial charge in [-0.2, -0.15) is 0 Å². The van der Waals surface area contributed by atoms with Gasteiger partial charge in [-0.3, -0.25) is 14.6 Å². The molecule has 0 fully saturated rings. The maximum Gasteiger partial charge on any atom is 0.251 e. The average Bonchev–Trinajstić information content (AvgIpc) is 3.48. The van der Waals surface area contributed by atoms with E-state index in [1.54, 1.807) is 30.6 Å². The van der Waals surface area contributed by atoms with Crippen LogP contribution in [0.3, 0.4) is 0 Å². The summed E-state index contributed by atoms with van der Waals surface area (Å²) in [6, 6.07) is 25.5. The standard InChI is InChI=1S/C35H37N7O3.C2H6/c1-2-32(36)39-18-7-12-31(33(37)43)42-30-14-13-26(35(44)40-21-17-24-15-19-38-20-16-24)23-29(30)41-34(42)25-8-6-11-28(22-25)45-27-9-4-3-5-10-27;1-2/h2-6,8-11,13-16,19-20,22-23,31,39H,7,12,17-18,21,36H2,1H3,(H2,37,43)(H,40,44);1-2H3/t31-;/m1./s1. The third kappa shape index (κ3) is 9.20. The number of amides is 2. The van der Waals surface area contributed by atoms with Crippen LogP contribution in [0.5, 0.6) is 11.5 Å². The van der Waals surface area contributed by atoms with E-state index in [2.05, 4.69) is 15.6 Å². The SMILES string of the molecule is CC.CC=C(N)NCCC[C@H](C(N)=O)n1c(-c2cccc(Oc3ccccc3)c2)nc2cc(C(=O)NCCc3ccncc3)ccc21. The number of carbonyl (C=O) groups is 2. The minimum atomic E-state index is -0.697. The van der Waals surface area contributed by atoms with Crippen molar-refractivity contribution >= 4 is 22.8 Å². The average molecular weight is 634 g/mol. The Morgan fingerprint density at radius 3 is 2.36 bits per heavy atom. The molecule has 0 aliphatic heterocycles. The summed E-state index contributed by atoms with van der Waals surface area (Å²) in [5, 5.41) is 6.11. The van der Waals surface area contributed by atoms with Gasteiger partial charge in [0.05, 0.1) is 16.9 Å². The Morgan fingerprint density at radius 2 is 1.64 bits per heavy atom. The Hall–Kier alpha value is -5.64. The van der Waals surface area contributed by atoms with Crippen LogP contribution in [0.4, 0.5) is 0 Å². The van der Waals surface area contributed by atoms with Crippen LogP contribution in [0.2, 0.25) is 0 Å². The molecule has 0 saturated carbocycles. The van der Waals surface area contributed by atoms with Gasteiger partial charge in [0.1, 0.15) is 23.4 Å². The van der Waals surface area contributed by atoms with E-state index in [1.807, 2.05) is 98.1 Å². The van der Waals surface area contributed by atoms with Gasteiger partial charge >= 0.3 is 0 Å². The van der Waals surface area contributed by atoms with Crippen LogP contribution in [-0.4, -0.2) is 39.4 Å². The van der Waals surface area contributed by atoms with Crippen LogP contribution in [0.15, 0.2) is 109 Å². The Balaban J connectivity index is 0.00000245. The summed E-state index contributed by atoms with van der Waals surface area (Å²) in [5.74, 6) is 1.74. The van der Waals surface area contributed by atoms with Crippen molar-refractivity contribution in [2.75, 3.05) is 13.1 Å². The molecule has 2 aromatic heterocycles. The topological polar surface area (TPSA) is 150 Å². The molecule has 0 bridgehead atoms. The van der Waals surface area contributed by atoms with E-state index >= 15 is 0 Å². The number of allylic oxidation sites excluding steroid dienone is 1. The second-order valence-electron chi connectivity index (χ2n) is 10.5. The predicted molar refractivity (Wildman–Crippen MR) is 187 cm³/mol. The zero-order valence-electron chi connectivity index (χ0n) is 27.1. The fourth-order valence-corrected chi connectivity index (χ4v) is 5.08. The normalized spacial score (nSPS) is 11.7. The minimum absolute atomic E-state index is 0.209. The van der Waals surface area contributed by atoms with Gasteiger partial charge < -0.3 is 31.4 Å². The number of hydrogen-bond donors (Lipinski definition) is 4. The molecule has 6 N–H and O–H groups in total. The number of nitrogens with two attached hydrogens (primary N) is 2. The molecule has 0 unspecified atom stereocenters. The molecular weight excluding hydrogens is 590 g/mol. The first-order chi connectivity index (χ1) is 22.9. The molecule has 0 aliphatic carbocycles. The van der Waals surface area contributed by atoms with Crippen molar-refractivity contribution in [2.45, 2.75) is 46.1 Å². The van der Waals surface area contributed by atoms with Gasteiger partial charge in [-0.1, -0.05) is 44.2 Å². The quantitative estimate of drug-likeness (QED) is 0.108. The van der Waals surface area contributed by atoms with Gasteiger partial charge in [0.2, 0.25) is 5.91 Å². The van der Waals surface area contributed by atoms with E-state index < -0.39 is 11.9 Å². The fraction of sp³-hybridized carbons (Fsp3) is 0.243. The summed E-state index contributed by atoms with van der Waals surface area (Å²) in [4.78, 5) is 35.0. The lowest BCUT2D eigenvalue weighted by molar-refractivity contribution is -0.121. The number of primary amides is 1. The molecule has 1 atom stereocenters. The monoisotopic (exact) mass is 633 g/mol. The number of fused-ring (bicyclic) bond motifs is 1. The minimum Gasteiger partial charge on any atom is -0.457 e. The number of aromatic nitrogens is 3. The Bertz CT molecular complexity index is 1790. The number of carbonyl (C=O) groups excluding carboxylic acids is 2. The lowest BCUT2D eigenvalue weighted by atomic mass is 10.1. The van der Waals surface area contributed by atoms with Crippen LogP contribution in [-0.2, 0) is 11.2 Å². The summed E-state index contributed by atoms with van der Waals surface area (Å²) < 4.78 is 7.95. The van der Waals surface area contributed by atoms with E-state index in [4.69, 9.17) is 21.2 Å². The van der Waals surface area contributed by atoms with Crippen LogP contribution < -0.4 is 26.8 Å². The number of ether oxygens (including phenoxy) is 1. The number of benzene rings is 3. The van der Waals surface area contributed by atoms with E-state index in [-0.39, 0.29) is 5.91 Å². The fourth-order valence-electron chi connectivity index (χ4n) is 5.08. The highest BCUT2D eigenvalue weighted by molar-refractivity contribution is 5.98. The van der Waals surface area contributed by atoms with Gasteiger partial charge in [0.15, 0.2) is 0 Å². The van der Waals surface area contributed by atoms with Crippen LogP contribution in [0.25, 0.3) is 22.4 Å². The smallest absolute Gasteiger partial charge is 0.251 e. The largest absolute Gasteiger partial charge is 0.457 e. The molecule has 0 saturated heterocycles. The van der Waals surface area contributed by atoms with E-state index in [0.717, 1.165) is 11.1 Å². The summed E-state index contributed by atoms with van der Waals surface area (Å²) in [6.07, 6.45) is 7.02. The van der Waals surface area contributed by atoms with Gasteiger partial charge in [0, 0.05) is 36.6 Å². The van der Waals surface area contributed by atoms with Crippen molar-refractivity contribution in [3.8, 4) is 22.9 Å². The summed E-state index contributed by atoms with van der Waals surface area (Å²) in [5.41, 5.74) is 15.5. The van der Waals surface area contributed by atoms with Crippen molar-refractivity contribution < 1.29 is 14.3 Å². The molecule has 10 heteroatoms. The maximum atomic E-state index is 13.1. The van der Waals surface area contributed by atoms with Crippen molar-refractivity contribution in [3.63, 3.8) is 0 Å². The van der Waals surface area contributed by atoms with E-state index in [9.17, 15) is 9.59 Å². The zero-order chi connectivity index (χ0) is 33.6. The Morgan fingerprint density at radius 1 is 0.894 bits per heavy atom. The second kappa shape index (κ2) is 17.2. The first-order valence-electron chi connectivity index (χ1n) is 15.9. The molecule has 2 heterocycles. The third-order valence-electron chi connectivity index (χ3n) is 7.41. The highest BCUT2D eigenvalue weighted by Gasteiger charge is 2.25. The maximum absolute atomic E-state index is 13.1. The van der Waals surface area contributed by atoms with Gasteiger partial charge in [0.25, 0.3) is 5.91 Å². The number of pyridine rings is 1. The molecule has 244 valence electrons. The van der Waals surface area contributed by atoms with Gasteiger partial charge in [-0.05, 0) is 92.4 Å². The van der Waals surface area contributed by atoms with Crippen molar-refractivity contribution in [1.29, 1.82) is 0 Å². The number of imidazole rings is 1. The predicted octanol–water partition coefficient (Wildman–Crippen LogP) is 6.11. The van der Waals surface area contributed by atoms with Crippen molar-refractivity contribution in [3.05, 3.63) is 120 Å².